The Balaban J connectivity index is 1.82. The SMILES string of the molecule is CC(C)(C)OC(=O)N1CCC[C@H](NCc2ccc(Cl)nn2)C1. The van der Waals surface area contributed by atoms with Crippen molar-refractivity contribution < 1.29 is 9.53 Å². The van der Waals surface area contributed by atoms with E-state index in [-0.39, 0.29) is 12.1 Å². The van der Waals surface area contributed by atoms with E-state index in [1.165, 1.54) is 0 Å². The van der Waals surface area contributed by atoms with Crippen molar-refractivity contribution in [3.63, 3.8) is 0 Å². The molecule has 0 radical (unpaired) electrons. The third kappa shape index (κ3) is 5.42. The molecule has 2 rings (SSSR count). The van der Waals surface area contributed by atoms with Gasteiger partial charge >= 0.3 is 6.09 Å². The molecule has 7 heteroatoms. The van der Waals surface area contributed by atoms with Gasteiger partial charge in [-0.05, 0) is 45.7 Å². The van der Waals surface area contributed by atoms with Crippen LogP contribution in [0.2, 0.25) is 5.15 Å². The van der Waals surface area contributed by atoms with Gasteiger partial charge < -0.3 is 15.0 Å². The fourth-order valence-electron chi connectivity index (χ4n) is 2.32. The molecule has 2 heterocycles. The van der Waals surface area contributed by atoms with Crippen LogP contribution >= 0.6 is 11.6 Å². The molecule has 1 aliphatic heterocycles. The van der Waals surface area contributed by atoms with Crippen molar-refractivity contribution in [3.05, 3.63) is 23.0 Å². The van der Waals surface area contributed by atoms with Gasteiger partial charge in [-0.25, -0.2) is 4.79 Å². The van der Waals surface area contributed by atoms with Gasteiger partial charge in [-0.2, -0.15) is 5.10 Å². The summed E-state index contributed by atoms with van der Waals surface area (Å²) in [6.45, 7) is 7.64. The molecule has 22 heavy (non-hydrogen) atoms. The zero-order valence-electron chi connectivity index (χ0n) is 13.3. The maximum Gasteiger partial charge on any atom is 0.410 e. The lowest BCUT2D eigenvalue weighted by molar-refractivity contribution is 0.0187. The van der Waals surface area contributed by atoms with E-state index in [2.05, 4.69) is 15.5 Å². The van der Waals surface area contributed by atoms with Gasteiger partial charge in [0.25, 0.3) is 0 Å². The molecule has 1 fully saturated rings. The van der Waals surface area contributed by atoms with Crippen molar-refractivity contribution >= 4 is 17.7 Å². The van der Waals surface area contributed by atoms with Gasteiger partial charge in [0, 0.05) is 25.7 Å². The summed E-state index contributed by atoms with van der Waals surface area (Å²) in [4.78, 5) is 13.9. The first-order chi connectivity index (χ1) is 10.3. The Morgan fingerprint density at radius 2 is 2.23 bits per heavy atom. The van der Waals surface area contributed by atoms with E-state index in [1.54, 1.807) is 11.0 Å². The Hall–Kier alpha value is -1.40. The highest BCUT2D eigenvalue weighted by Gasteiger charge is 2.27. The zero-order valence-corrected chi connectivity index (χ0v) is 14.1. The molecule has 0 aromatic carbocycles. The molecule has 0 unspecified atom stereocenters. The molecular formula is C15H23ClN4O2. The number of ether oxygens (including phenoxy) is 1. The van der Waals surface area contributed by atoms with Crippen molar-refractivity contribution in [3.8, 4) is 0 Å². The summed E-state index contributed by atoms with van der Waals surface area (Å²) < 4.78 is 5.42. The van der Waals surface area contributed by atoms with E-state index in [4.69, 9.17) is 16.3 Å². The maximum atomic E-state index is 12.1. The van der Waals surface area contributed by atoms with E-state index in [0.717, 1.165) is 25.1 Å². The lowest BCUT2D eigenvalue weighted by Crippen LogP contribution is -2.49. The van der Waals surface area contributed by atoms with Crippen molar-refractivity contribution in [2.45, 2.75) is 51.8 Å². The zero-order chi connectivity index (χ0) is 16.2. The Kier molecular flexibility index (Phi) is 5.58. The molecule has 1 atom stereocenters. The van der Waals surface area contributed by atoms with E-state index in [9.17, 15) is 4.79 Å². The molecule has 1 aromatic heterocycles. The Labute approximate surface area is 136 Å². The molecule has 1 aromatic rings. The average Bonchev–Trinajstić information content (AvgIpc) is 2.45. The number of nitrogens with zero attached hydrogens (tertiary/aromatic N) is 3. The van der Waals surface area contributed by atoms with Crippen LogP contribution in [0.4, 0.5) is 4.79 Å². The number of aromatic nitrogens is 2. The summed E-state index contributed by atoms with van der Waals surface area (Å²) in [5.41, 5.74) is 0.370. The minimum Gasteiger partial charge on any atom is -0.444 e. The second kappa shape index (κ2) is 7.24. The first-order valence-electron chi connectivity index (χ1n) is 7.53. The van der Waals surface area contributed by atoms with Crippen molar-refractivity contribution in [1.29, 1.82) is 0 Å². The van der Waals surface area contributed by atoms with Gasteiger partial charge in [-0.1, -0.05) is 11.6 Å². The van der Waals surface area contributed by atoms with Crippen LogP contribution in [0.25, 0.3) is 0 Å². The smallest absolute Gasteiger partial charge is 0.410 e. The fourth-order valence-corrected chi connectivity index (χ4v) is 2.42. The molecule has 0 saturated carbocycles. The number of amides is 1. The number of piperidine rings is 1. The van der Waals surface area contributed by atoms with Crippen LogP contribution in [0, 0.1) is 0 Å². The van der Waals surface area contributed by atoms with Gasteiger partial charge in [0.2, 0.25) is 0 Å². The summed E-state index contributed by atoms with van der Waals surface area (Å²) in [6.07, 6.45) is 1.74. The second-order valence-electron chi connectivity index (χ2n) is 6.49. The number of rotatable bonds is 3. The number of carbonyl (C=O) groups is 1. The average molecular weight is 327 g/mol. The van der Waals surface area contributed by atoms with Crippen LogP contribution < -0.4 is 5.32 Å². The molecule has 1 saturated heterocycles. The summed E-state index contributed by atoms with van der Waals surface area (Å²) in [5.74, 6) is 0. The summed E-state index contributed by atoms with van der Waals surface area (Å²) in [5, 5.41) is 11.6. The third-order valence-electron chi connectivity index (χ3n) is 3.33. The maximum absolute atomic E-state index is 12.1. The Morgan fingerprint density at radius 3 is 2.86 bits per heavy atom. The first kappa shape index (κ1) is 17.0. The topological polar surface area (TPSA) is 67.3 Å². The quantitative estimate of drug-likeness (QED) is 0.924. The number of likely N-dealkylation sites (tertiary alicyclic amines) is 1. The summed E-state index contributed by atoms with van der Waals surface area (Å²) in [6, 6.07) is 3.80. The molecule has 1 N–H and O–H groups in total. The van der Waals surface area contributed by atoms with Crippen LogP contribution in [0.15, 0.2) is 12.1 Å². The summed E-state index contributed by atoms with van der Waals surface area (Å²) in [7, 11) is 0. The Morgan fingerprint density at radius 1 is 1.45 bits per heavy atom. The molecule has 1 aliphatic rings. The first-order valence-corrected chi connectivity index (χ1v) is 7.91. The third-order valence-corrected chi connectivity index (χ3v) is 3.53. The predicted octanol–water partition coefficient (Wildman–Crippen LogP) is 2.62. The van der Waals surface area contributed by atoms with Gasteiger partial charge in [0.1, 0.15) is 5.60 Å². The van der Waals surface area contributed by atoms with Crippen LogP contribution in [0.1, 0.15) is 39.3 Å². The largest absolute Gasteiger partial charge is 0.444 e. The van der Waals surface area contributed by atoms with Gasteiger partial charge in [0.15, 0.2) is 5.15 Å². The number of nitrogens with one attached hydrogen (secondary N) is 1. The number of carbonyl (C=O) groups excluding carboxylic acids is 1. The highest BCUT2D eigenvalue weighted by atomic mass is 35.5. The van der Waals surface area contributed by atoms with E-state index < -0.39 is 5.60 Å². The van der Waals surface area contributed by atoms with Crippen molar-refractivity contribution in [1.82, 2.24) is 20.4 Å². The van der Waals surface area contributed by atoms with Crippen LogP contribution in [-0.2, 0) is 11.3 Å². The molecular weight excluding hydrogens is 304 g/mol. The molecule has 6 nitrogen and oxygen atoms in total. The highest BCUT2D eigenvalue weighted by Crippen LogP contribution is 2.15. The second-order valence-corrected chi connectivity index (χ2v) is 6.88. The molecule has 0 aliphatic carbocycles. The van der Waals surface area contributed by atoms with Gasteiger partial charge in [-0.3, -0.25) is 0 Å². The van der Waals surface area contributed by atoms with Crippen LogP contribution in [0.3, 0.4) is 0 Å². The molecule has 122 valence electrons. The lowest BCUT2D eigenvalue weighted by Gasteiger charge is -2.34. The van der Waals surface area contributed by atoms with Crippen LogP contribution in [-0.4, -0.2) is 45.9 Å². The fraction of sp³-hybridized carbons (Fsp3) is 0.667. The Bertz CT molecular complexity index is 501. The number of hydrogen-bond acceptors (Lipinski definition) is 5. The lowest BCUT2D eigenvalue weighted by atomic mass is 10.1. The normalized spacial score (nSPS) is 19.1. The minimum absolute atomic E-state index is 0.235. The van der Waals surface area contributed by atoms with Crippen molar-refractivity contribution in [2.24, 2.45) is 0 Å². The highest BCUT2D eigenvalue weighted by molar-refractivity contribution is 6.29. The monoisotopic (exact) mass is 326 g/mol. The molecule has 0 spiro atoms. The molecule has 0 bridgehead atoms. The number of halogens is 1. The standard InChI is InChI=1S/C15H23ClN4O2/c1-15(2,3)22-14(21)20-8-4-5-12(10-20)17-9-11-6-7-13(16)19-18-11/h6-7,12,17H,4-5,8-10H2,1-3H3/t12-/m0/s1. The van der Waals surface area contributed by atoms with E-state index in [1.807, 2.05) is 26.8 Å². The van der Waals surface area contributed by atoms with Crippen molar-refractivity contribution in [2.75, 3.05) is 13.1 Å². The molecule has 1 amide bonds. The number of hydrogen-bond donors (Lipinski definition) is 1. The van der Waals surface area contributed by atoms with Gasteiger partial charge in [0.05, 0.1) is 5.69 Å². The van der Waals surface area contributed by atoms with E-state index >= 15 is 0 Å². The predicted molar refractivity (Wildman–Crippen MR) is 84.7 cm³/mol. The van der Waals surface area contributed by atoms with Gasteiger partial charge in [-0.15, -0.1) is 5.10 Å². The van der Waals surface area contributed by atoms with E-state index in [0.29, 0.717) is 18.2 Å². The summed E-state index contributed by atoms with van der Waals surface area (Å²) >= 11 is 5.72. The van der Waals surface area contributed by atoms with Crippen LogP contribution in [0.5, 0.6) is 0 Å². The minimum atomic E-state index is -0.462.